The summed E-state index contributed by atoms with van der Waals surface area (Å²) in [7, 11) is 0. The van der Waals surface area contributed by atoms with Crippen molar-refractivity contribution in [3.63, 3.8) is 0 Å². The fraction of sp³-hybridized carbons (Fsp3) is 0.111. The van der Waals surface area contributed by atoms with E-state index in [0.717, 1.165) is 17.7 Å². The van der Waals surface area contributed by atoms with Crippen molar-refractivity contribution in [1.29, 1.82) is 0 Å². The highest BCUT2D eigenvalue weighted by atomic mass is 19.2. The number of nitrogens with one attached hydrogen (secondary N) is 2. The summed E-state index contributed by atoms with van der Waals surface area (Å²) >= 11 is 0. The quantitative estimate of drug-likeness (QED) is 0.639. The summed E-state index contributed by atoms with van der Waals surface area (Å²) in [5.74, 6) is -1.12. The summed E-state index contributed by atoms with van der Waals surface area (Å²) < 4.78 is 26.4. The Kier molecular flexibility index (Phi) is 5.15. The standard InChI is InChI=1S/C18H16F2N4O/c19-14-7-6-13(10-15(14)20)22-17-11-16(12-4-2-1-3-5-12)23-18(24-17)21-8-9-25/h1-7,10-11,25H,8-9H2,(H2,21,22,23,24). The van der Waals surface area contributed by atoms with E-state index in [1.54, 1.807) is 6.07 Å². The van der Waals surface area contributed by atoms with Crippen LogP contribution in [0.15, 0.2) is 54.6 Å². The van der Waals surface area contributed by atoms with Gasteiger partial charge < -0.3 is 15.7 Å². The van der Waals surface area contributed by atoms with Crippen LogP contribution in [0.3, 0.4) is 0 Å². The van der Waals surface area contributed by atoms with Crippen LogP contribution in [-0.2, 0) is 0 Å². The fourth-order valence-electron chi connectivity index (χ4n) is 2.24. The van der Waals surface area contributed by atoms with Crippen LogP contribution in [0.5, 0.6) is 0 Å². The molecule has 1 aromatic heterocycles. The van der Waals surface area contributed by atoms with E-state index in [-0.39, 0.29) is 6.61 Å². The van der Waals surface area contributed by atoms with Crippen molar-refractivity contribution in [3.8, 4) is 11.3 Å². The first-order valence-corrected chi connectivity index (χ1v) is 7.67. The summed E-state index contributed by atoms with van der Waals surface area (Å²) in [6.45, 7) is 0.230. The van der Waals surface area contributed by atoms with Gasteiger partial charge in [-0.2, -0.15) is 4.98 Å². The maximum Gasteiger partial charge on any atom is 0.225 e. The zero-order valence-electron chi connectivity index (χ0n) is 13.2. The summed E-state index contributed by atoms with van der Waals surface area (Å²) in [5.41, 5.74) is 1.90. The molecule has 0 saturated carbocycles. The minimum absolute atomic E-state index is 0.0646. The van der Waals surface area contributed by atoms with Crippen LogP contribution in [0.2, 0.25) is 0 Å². The number of rotatable bonds is 6. The van der Waals surface area contributed by atoms with Gasteiger partial charge in [-0.15, -0.1) is 0 Å². The second-order valence-electron chi connectivity index (χ2n) is 5.23. The molecule has 0 bridgehead atoms. The van der Waals surface area contributed by atoms with Crippen LogP contribution in [0.4, 0.5) is 26.2 Å². The number of hydrogen-bond donors (Lipinski definition) is 3. The smallest absolute Gasteiger partial charge is 0.225 e. The van der Waals surface area contributed by atoms with E-state index in [9.17, 15) is 8.78 Å². The first kappa shape index (κ1) is 16.8. The van der Waals surface area contributed by atoms with Gasteiger partial charge in [0.2, 0.25) is 5.95 Å². The molecule has 0 radical (unpaired) electrons. The van der Waals surface area contributed by atoms with Crippen molar-refractivity contribution in [2.24, 2.45) is 0 Å². The van der Waals surface area contributed by atoms with Gasteiger partial charge in [-0.25, -0.2) is 13.8 Å². The molecule has 0 atom stereocenters. The summed E-state index contributed by atoms with van der Waals surface area (Å²) in [4.78, 5) is 8.69. The Hall–Kier alpha value is -3.06. The zero-order chi connectivity index (χ0) is 17.6. The normalized spacial score (nSPS) is 10.5. The van der Waals surface area contributed by atoms with Gasteiger partial charge in [-0.05, 0) is 12.1 Å². The second kappa shape index (κ2) is 7.67. The van der Waals surface area contributed by atoms with E-state index in [1.807, 2.05) is 30.3 Å². The molecule has 7 heteroatoms. The summed E-state index contributed by atoms with van der Waals surface area (Å²) in [5, 5.41) is 14.8. The molecule has 1 heterocycles. The summed E-state index contributed by atoms with van der Waals surface area (Å²) in [6.07, 6.45) is 0. The van der Waals surface area contributed by atoms with E-state index in [4.69, 9.17) is 5.11 Å². The van der Waals surface area contributed by atoms with Crippen LogP contribution in [0, 0.1) is 11.6 Å². The fourth-order valence-corrected chi connectivity index (χ4v) is 2.24. The maximum absolute atomic E-state index is 13.4. The molecule has 25 heavy (non-hydrogen) atoms. The molecule has 3 aromatic rings. The lowest BCUT2D eigenvalue weighted by Crippen LogP contribution is -2.10. The van der Waals surface area contributed by atoms with Gasteiger partial charge in [-0.3, -0.25) is 0 Å². The van der Waals surface area contributed by atoms with Crippen LogP contribution in [0.1, 0.15) is 0 Å². The topological polar surface area (TPSA) is 70.1 Å². The van der Waals surface area contributed by atoms with Crippen molar-refractivity contribution >= 4 is 17.5 Å². The van der Waals surface area contributed by atoms with Crippen molar-refractivity contribution in [1.82, 2.24) is 9.97 Å². The minimum atomic E-state index is -0.944. The number of hydrogen-bond acceptors (Lipinski definition) is 5. The van der Waals surface area contributed by atoms with E-state index in [0.29, 0.717) is 29.7 Å². The SMILES string of the molecule is OCCNc1nc(Nc2ccc(F)c(F)c2)cc(-c2ccccc2)n1. The Bertz CT molecular complexity index is 859. The zero-order valence-corrected chi connectivity index (χ0v) is 13.2. The Morgan fingerprint density at radius 2 is 1.72 bits per heavy atom. The van der Waals surface area contributed by atoms with Gasteiger partial charge in [-0.1, -0.05) is 30.3 Å². The lowest BCUT2D eigenvalue weighted by Gasteiger charge is -2.11. The number of aliphatic hydroxyl groups is 1. The molecule has 128 valence electrons. The average molecular weight is 342 g/mol. The highest BCUT2D eigenvalue weighted by Gasteiger charge is 2.08. The Morgan fingerprint density at radius 1 is 0.920 bits per heavy atom. The molecular weight excluding hydrogens is 326 g/mol. The van der Waals surface area contributed by atoms with Gasteiger partial charge in [0.05, 0.1) is 12.3 Å². The molecule has 0 aliphatic carbocycles. The number of nitrogens with zero attached hydrogens (tertiary/aromatic N) is 2. The Morgan fingerprint density at radius 3 is 2.44 bits per heavy atom. The molecule has 2 aromatic carbocycles. The third-order valence-corrected chi connectivity index (χ3v) is 3.38. The lowest BCUT2D eigenvalue weighted by molar-refractivity contribution is 0.311. The second-order valence-corrected chi connectivity index (χ2v) is 5.23. The van der Waals surface area contributed by atoms with E-state index < -0.39 is 11.6 Å². The van der Waals surface area contributed by atoms with Crippen LogP contribution < -0.4 is 10.6 Å². The van der Waals surface area contributed by atoms with Gasteiger partial charge >= 0.3 is 0 Å². The highest BCUT2D eigenvalue weighted by Crippen LogP contribution is 2.24. The number of aliphatic hydroxyl groups excluding tert-OH is 1. The molecular formula is C18H16F2N4O. The molecule has 0 aliphatic heterocycles. The van der Waals surface area contributed by atoms with Gasteiger partial charge in [0.1, 0.15) is 5.82 Å². The number of halogens is 2. The molecule has 0 spiro atoms. The average Bonchev–Trinajstić information content (AvgIpc) is 2.63. The third-order valence-electron chi connectivity index (χ3n) is 3.38. The van der Waals surface area contributed by atoms with Gasteiger partial charge in [0, 0.05) is 29.9 Å². The van der Waals surface area contributed by atoms with E-state index >= 15 is 0 Å². The molecule has 3 N–H and O–H groups in total. The van der Waals surface area contributed by atoms with Crippen LogP contribution in [0.25, 0.3) is 11.3 Å². The van der Waals surface area contributed by atoms with Gasteiger partial charge in [0.15, 0.2) is 11.6 Å². The van der Waals surface area contributed by atoms with Crippen LogP contribution in [-0.4, -0.2) is 28.2 Å². The molecule has 0 unspecified atom stereocenters. The van der Waals surface area contributed by atoms with Crippen molar-refractivity contribution in [3.05, 3.63) is 66.2 Å². The number of benzene rings is 2. The largest absolute Gasteiger partial charge is 0.395 e. The Balaban J connectivity index is 1.95. The lowest BCUT2D eigenvalue weighted by atomic mass is 10.1. The highest BCUT2D eigenvalue weighted by molar-refractivity contribution is 5.67. The van der Waals surface area contributed by atoms with Crippen molar-refractivity contribution < 1.29 is 13.9 Å². The minimum Gasteiger partial charge on any atom is -0.395 e. The predicted octanol–water partition coefficient (Wildman–Crippen LogP) is 3.57. The molecule has 0 aliphatic rings. The molecule has 0 amide bonds. The first-order valence-electron chi connectivity index (χ1n) is 7.67. The Labute approximate surface area is 143 Å². The molecule has 5 nitrogen and oxygen atoms in total. The molecule has 0 saturated heterocycles. The predicted molar refractivity (Wildman–Crippen MR) is 92.7 cm³/mol. The first-order chi connectivity index (χ1) is 12.2. The van der Waals surface area contributed by atoms with Gasteiger partial charge in [0.25, 0.3) is 0 Å². The van der Waals surface area contributed by atoms with E-state index in [2.05, 4.69) is 20.6 Å². The van der Waals surface area contributed by atoms with Crippen molar-refractivity contribution in [2.75, 3.05) is 23.8 Å². The van der Waals surface area contributed by atoms with Crippen LogP contribution >= 0.6 is 0 Å². The number of anilines is 3. The molecule has 0 fully saturated rings. The molecule has 3 rings (SSSR count). The van der Waals surface area contributed by atoms with Crippen molar-refractivity contribution in [2.45, 2.75) is 0 Å². The number of aromatic nitrogens is 2. The van der Waals surface area contributed by atoms with E-state index in [1.165, 1.54) is 6.07 Å². The monoisotopic (exact) mass is 342 g/mol. The third kappa shape index (κ3) is 4.27. The summed E-state index contributed by atoms with van der Waals surface area (Å²) in [6, 6.07) is 14.7. The maximum atomic E-state index is 13.4.